The number of aromatic nitrogens is 1. The summed E-state index contributed by atoms with van der Waals surface area (Å²) < 4.78 is 25.6. The molecule has 2 heterocycles. The van der Waals surface area contributed by atoms with E-state index in [1.54, 1.807) is 0 Å². The van der Waals surface area contributed by atoms with Gasteiger partial charge in [0.05, 0.1) is 5.75 Å². The molecule has 1 aromatic rings. The van der Waals surface area contributed by atoms with Crippen molar-refractivity contribution in [2.24, 2.45) is 5.73 Å². The van der Waals surface area contributed by atoms with Gasteiger partial charge in [0.25, 0.3) is 0 Å². The van der Waals surface area contributed by atoms with Gasteiger partial charge in [-0.2, -0.15) is 0 Å². The van der Waals surface area contributed by atoms with E-state index in [9.17, 15) is 8.42 Å². The van der Waals surface area contributed by atoms with Crippen molar-refractivity contribution in [2.75, 3.05) is 5.75 Å². The van der Waals surface area contributed by atoms with Crippen LogP contribution in [0.5, 0.6) is 0 Å². The first-order valence-corrected chi connectivity index (χ1v) is 7.85. The van der Waals surface area contributed by atoms with E-state index in [2.05, 4.69) is 0 Å². The second-order valence-corrected chi connectivity index (χ2v) is 7.47. The van der Waals surface area contributed by atoms with Crippen molar-refractivity contribution in [3.8, 4) is 0 Å². The Labute approximate surface area is 102 Å². The number of fused-ring (bicyclic) bond motifs is 1. The molecule has 4 nitrogen and oxygen atoms in total. The van der Waals surface area contributed by atoms with Crippen molar-refractivity contribution in [1.29, 1.82) is 0 Å². The molecule has 0 atom stereocenters. The average Bonchev–Trinajstić information content (AvgIpc) is 2.84. The van der Waals surface area contributed by atoms with Crippen molar-refractivity contribution >= 4 is 9.84 Å². The molecule has 1 fully saturated rings. The van der Waals surface area contributed by atoms with Crippen molar-refractivity contribution in [3.05, 3.63) is 17.8 Å². The van der Waals surface area contributed by atoms with Gasteiger partial charge in [-0.3, -0.25) is 0 Å². The van der Waals surface area contributed by atoms with Crippen LogP contribution in [0.1, 0.15) is 31.2 Å². The van der Waals surface area contributed by atoms with Crippen LogP contribution < -0.4 is 5.73 Å². The lowest BCUT2D eigenvalue weighted by atomic mass is 10.1. The standard InChI is InChI=1S/C12H18N2O2S/c13-12(4-5-12)3-2-10-8-11-14(9-10)6-1-7-17(11,15)16/h8-9H,1-7,13H2. The van der Waals surface area contributed by atoms with Crippen LogP contribution in [0.3, 0.4) is 0 Å². The van der Waals surface area contributed by atoms with Crippen molar-refractivity contribution in [2.45, 2.75) is 49.2 Å². The van der Waals surface area contributed by atoms with Crippen LogP contribution in [0.25, 0.3) is 0 Å². The minimum atomic E-state index is -3.03. The lowest BCUT2D eigenvalue weighted by molar-refractivity contribution is 0.539. The van der Waals surface area contributed by atoms with E-state index in [0.717, 1.165) is 44.2 Å². The molecule has 1 aliphatic heterocycles. The Balaban J connectivity index is 1.81. The van der Waals surface area contributed by atoms with Gasteiger partial charge in [0.1, 0.15) is 5.03 Å². The van der Waals surface area contributed by atoms with E-state index in [1.165, 1.54) is 0 Å². The van der Waals surface area contributed by atoms with Gasteiger partial charge >= 0.3 is 0 Å². The minimum absolute atomic E-state index is 0.0430. The second kappa shape index (κ2) is 3.59. The van der Waals surface area contributed by atoms with Crippen LogP contribution >= 0.6 is 0 Å². The highest BCUT2D eigenvalue weighted by Crippen LogP contribution is 2.37. The molecule has 1 saturated carbocycles. The third-order valence-electron chi connectivity index (χ3n) is 3.85. The summed E-state index contributed by atoms with van der Waals surface area (Å²) in [5, 5.41) is 0.501. The van der Waals surface area contributed by atoms with E-state index < -0.39 is 9.84 Å². The van der Waals surface area contributed by atoms with E-state index in [1.807, 2.05) is 16.8 Å². The smallest absolute Gasteiger partial charge is 0.193 e. The van der Waals surface area contributed by atoms with Gasteiger partial charge in [0.15, 0.2) is 9.84 Å². The number of nitrogens with zero attached hydrogens (tertiary/aromatic N) is 1. The fraction of sp³-hybridized carbons (Fsp3) is 0.667. The maximum absolute atomic E-state index is 11.9. The number of hydrogen-bond donors (Lipinski definition) is 1. The van der Waals surface area contributed by atoms with E-state index >= 15 is 0 Å². The number of rotatable bonds is 3. The molecule has 0 saturated heterocycles. The van der Waals surface area contributed by atoms with Gasteiger partial charge in [0.2, 0.25) is 0 Å². The fourth-order valence-electron chi connectivity index (χ4n) is 2.46. The van der Waals surface area contributed by atoms with Crippen molar-refractivity contribution in [1.82, 2.24) is 4.57 Å². The van der Waals surface area contributed by atoms with Gasteiger partial charge in [-0.05, 0) is 43.7 Å². The molecule has 2 N–H and O–H groups in total. The van der Waals surface area contributed by atoms with E-state index in [0.29, 0.717) is 5.03 Å². The minimum Gasteiger partial charge on any atom is -0.338 e. The number of hydrogen-bond acceptors (Lipinski definition) is 3. The van der Waals surface area contributed by atoms with Gasteiger partial charge in [-0.15, -0.1) is 0 Å². The zero-order valence-electron chi connectivity index (χ0n) is 9.85. The fourth-order valence-corrected chi connectivity index (χ4v) is 4.01. The van der Waals surface area contributed by atoms with Crippen LogP contribution in [0.15, 0.2) is 17.3 Å². The first-order valence-electron chi connectivity index (χ1n) is 6.19. The number of aryl methyl sites for hydroxylation is 2. The molecule has 94 valence electrons. The predicted octanol–water partition coefficient (Wildman–Crippen LogP) is 1.09. The molecular formula is C12H18N2O2S. The van der Waals surface area contributed by atoms with Gasteiger partial charge in [-0.25, -0.2) is 8.42 Å². The Morgan fingerprint density at radius 1 is 1.41 bits per heavy atom. The molecule has 1 aliphatic carbocycles. The quantitative estimate of drug-likeness (QED) is 0.878. The normalized spacial score (nSPS) is 24.3. The second-order valence-electron chi connectivity index (χ2n) is 5.41. The molecule has 3 rings (SSSR count). The van der Waals surface area contributed by atoms with Gasteiger partial charge in [0, 0.05) is 18.3 Å². The zero-order chi connectivity index (χ0) is 12.1. The third kappa shape index (κ3) is 2.13. The molecular weight excluding hydrogens is 236 g/mol. The average molecular weight is 254 g/mol. The molecule has 0 bridgehead atoms. The van der Waals surface area contributed by atoms with E-state index in [-0.39, 0.29) is 11.3 Å². The molecule has 0 spiro atoms. The highest BCUT2D eigenvalue weighted by atomic mass is 32.2. The molecule has 1 aromatic heterocycles. The molecule has 0 radical (unpaired) electrons. The van der Waals surface area contributed by atoms with Crippen LogP contribution in [0, 0.1) is 0 Å². The summed E-state index contributed by atoms with van der Waals surface area (Å²) in [6.45, 7) is 0.822. The molecule has 0 unspecified atom stereocenters. The maximum atomic E-state index is 11.9. The monoisotopic (exact) mass is 254 g/mol. The summed E-state index contributed by atoms with van der Waals surface area (Å²) in [7, 11) is -3.03. The number of sulfone groups is 1. The highest BCUT2D eigenvalue weighted by Gasteiger charge is 2.37. The van der Waals surface area contributed by atoms with Crippen LogP contribution in [0.4, 0.5) is 0 Å². The largest absolute Gasteiger partial charge is 0.338 e. The summed E-state index contributed by atoms with van der Waals surface area (Å²) in [5.41, 5.74) is 7.20. The van der Waals surface area contributed by atoms with Gasteiger partial charge < -0.3 is 10.3 Å². The van der Waals surface area contributed by atoms with Crippen LogP contribution in [-0.2, 0) is 22.8 Å². The SMILES string of the molecule is NC1(CCc2cc3n(c2)CCCS3(=O)=O)CC1. The first-order chi connectivity index (χ1) is 7.99. The van der Waals surface area contributed by atoms with Crippen LogP contribution in [-0.4, -0.2) is 24.3 Å². The molecule has 0 amide bonds. The topological polar surface area (TPSA) is 65.1 Å². The Bertz CT molecular complexity index is 541. The summed E-state index contributed by atoms with van der Waals surface area (Å²) >= 11 is 0. The first kappa shape index (κ1) is 11.3. The lowest BCUT2D eigenvalue weighted by Gasteiger charge is -2.14. The predicted molar refractivity (Wildman–Crippen MR) is 65.6 cm³/mol. The van der Waals surface area contributed by atoms with Crippen molar-refractivity contribution < 1.29 is 8.42 Å². The van der Waals surface area contributed by atoms with Gasteiger partial charge in [-0.1, -0.05) is 0 Å². The summed E-state index contributed by atoms with van der Waals surface area (Å²) in [5.74, 6) is 0.289. The third-order valence-corrected chi connectivity index (χ3v) is 5.66. The zero-order valence-corrected chi connectivity index (χ0v) is 10.7. The van der Waals surface area contributed by atoms with E-state index in [4.69, 9.17) is 5.73 Å². The summed E-state index contributed by atoms with van der Waals surface area (Å²) in [4.78, 5) is 0. The number of nitrogens with two attached hydrogens (primary N) is 1. The molecule has 2 aliphatic rings. The molecule has 0 aromatic carbocycles. The Morgan fingerprint density at radius 2 is 2.18 bits per heavy atom. The molecule has 5 heteroatoms. The maximum Gasteiger partial charge on any atom is 0.193 e. The molecule has 17 heavy (non-hydrogen) atoms. The summed E-state index contributed by atoms with van der Waals surface area (Å²) in [6.07, 6.45) is 6.79. The lowest BCUT2D eigenvalue weighted by Crippen LogP contribution is -2.21. The Morgan fingerprint density at radius 3 is 2.82 bits per heavy atom. The van der Waals surface area contributed by atoms with Crippen molar-refractivity contribution in [3.63, 3.8) is 0 Å². The Hall–Kier alpha value is -0.810. The summed E-state index contributed by atoms with van der Waals surface area (Å²) in [6, 6.07) is 1.83. The highest BCUT2D eigenvalue weighted by molar-refractivity contribution is 7.91. The Kier molecular flexibility index (Phi) is 2.38. The van der Waals surface area contributed by atoms with Crippen LogP contribution in [0.2, 0.25) is 0 Å².